The number of hydrogen-bond donors (Lipinski definition) is 0. The van der Waals surface area contributed by atoms with Gasteiger partial charge in [-0.1, -0.05) is 42.0 Å². The Kier molecular flexibility index (Phi) is 4.86. The van der Waals surface area contributed by atoms with Gasteiger partial charge < -0.3 is 0 Å². The van der Waals surface area contributed by atoms with Crippen LogP contribution in [0.4, 0.5) is 0 Å². The minimum Gasteiger partial charge on any atom is -0.295 e. The zero-order chi connectivity index (χ0) is 9.80. The summed E-state index contributed by atoms with van der Waals surface area (Å²) in [6.45, 7) is 5.63. The zero-order valence-electron chi connectivity index (χ0n) is 9.15. The summed E-state index contributed by atoms with van der Waals surface area (Å²) in [5, 5.41) is 0. The molecule has 1 aliphatic heterocycles. The topological polar surface area (TPSA) is 3.24 Å². The molecular weight excluding hydrogens is 206 g/mol. The molecule has 1 aromatic rings. The van der Waals surface area contributed by atoms with Crippen LogP contribution < -0.4 is 0 Å². The van der Waals surface area contributed by atoms with E-state index in [-0.39, 0.29) is 12.4 Å². The molecule has 1 nitrogen and oxygen atoms in total. The normalized spacial score (nSPS) is 16.7. The lowest BCUT2D eigenvalue weighted by atomic mass is 10.1. The smallest absolute Gasteiger partial charge is 0.0237 e. The van der Waals surface area contributed by atoms with Gasteiger partial charge in [-0.05, 0) is 18.9 Å². The Morgan fingerprint density at radius 3 is 2.53 bits per heavy atom. The summed E-state index contributed by atoms with van der Waals surface area (Å²) < 4.78 is 0. The molecule has 0 amide bonds. The second-order valence-electron chi connectivity index (χ2n) is 4.02. The van der Waals surface area contributed by atoms with Crippen molar-refractivity contribution in [2.45, 2.75) is 19.9 Å². The van der Waals surface area contributed by atoms with Crippen LogP contribution in [0.3, 0.4) is 0 Å². The molecule has 1 aliphatic rings. The zero-order valence-corrected chi connectivity index (χ0v) is 9.96. The largest absolute Gasteiger partial charge is 0.295 e. The lowest BCUT2D eigenvalue weighted by molar-refractivity contribution is 0.286. The Morgan fingerprint density at radius 1 is 1.20 bits per heavy atom. The minimum absolute atomic E-state index is 0. The average Bonchev–Trinajstić information content (AvgIpc) is 2.23. The molecule has 0 bridgehead atoms. The van der Waals surface area contributed by atoms with Crippen molar-refractivity contribution >= 4 is 12.4 Å². The van der Waals surface area contributed by atoms with E-state index in [1.807, 2.05) is 0 Å². The number of hydrogen-bond acceptors (Lipinski definition) is 1. The van der Waals surface area contributed by atoms with Gasteiger partial charge in [0.1, 0.15) is 0 Å². The highest BCUT2D eigenvalue weighted by Gasteiger charge is 2.08. The predicted molar refractivity (Wildman–Crippen MR) is 67.3 cm³/mol. The van der Waals surface area contributed by atoms with Crippen molar-refractivity contribution in [3.63, 3.8) is 0 Å². The first kappa shape index (κ1) is 12.3. The van der Waals surface area contributed by atoms with Crippen molar-refractivity contribution in [2.24, 2.45) is 0 Å². The van der Waals surface area contributed by atoms with Crippen molar-refractivity contribution in [1.82, 2.24) is 4.90 Å². The lowest BCUT2D eigenvalue weighted by Crippen LogP contribution is -2.27. The standard InChI is InChI=1S/C13H17N.ClH/c1-12-7-9-14(10-8-12)11-13-5-3-2-4-6-13;/h2-7H,8-11H2,1H3;1H. The van der Waals surface area contributed by atoms with Gasteiger partial charge in [0.15, 0.2) is 0 Å². The summed E-state index contributed by atoms with van der Waals surface area (Å²) in [6, 6.07) is 10.7. The van der Waals surface area contributed by atoms with E-state index >= 15 is 0 Å². The summed E-state index contributed by atoms with van der Waals surface area (Å²) in [7, 11) is 0. The van der Waals surface area contributed by atoms with E-state index in [1.165, 1.54) is 24.1 Å². The molecule has 0 spiro atoms. The van der Waals surface area contributed by atoms with Crippen molar-refractivity contribution < 1.29 is 0 Å². The minimum atomic E-state index is 0. The van der Waals surface area contributed by atoms with Crippen LogP contribution in [0.25, 0.3) is 0 Å². The maximum absolute atomic E-state index is 2.49. The van der Waals surface area contributed by atoms with Gasteiger partial charge in [0.2, 0.25) is 0 Å². The van der Waals surface area contributed by atoms with Crippen LogP contribution in [0.1, 0.15) is 18.9 Å². The fraction of sp³-hybridized carbons (Fsp3) is 0.385. The number of nitrogens with zero attached hydrogens (tertiary/aromatic N) is 1. The second-order valence-corrected chi connectivity index (χ2v) is 4.02. The van der Waals surface area contributed by atoms with E-state index in [2.05, 4.69) is 48.2 Å². The Hall–Kier alpha value is -0.790. The monoisotopic (exact) mass is 223 g/mol. The highest BCUT2D eigenvalue weighted by Crippen LogP contribution is 2.12. The molecule has 1 aromatic carbocycles. The summed E-state index contributed by atoms with van der Waals surface area (Å²) in [6.07, 6.45) is 3.57. The molecule has 0 saturated carbocycles. The number of benzene rings is 1. The Labute approximate surface area is 98.2 Å². The van der Waals surface area contributed by atoms with Crippen LogP contribution in [-0.2, 0) is 6.54 Å². The predicted octanol–water partition coefficient (Wildman–Crippen LogP) is 3.26. The molecular formula is C13H18ClN. The van der Waals surface area contributed by atoms with Crippen molar-refractivity contribution in [3.8, 4) is 0 Å². The van der Waals surface area contributed by atoms with Crippen LogP contribution in [-0.4, -0.2) is 18.0 Å². The fourth-order valence-corrected chi connectivity index (χ4v) is 1.80. The van der Waals surface area contributed by atoms with E-state index < -0.39 is 0 Å². The van der Waals surface area contributed by atoms with Crippen molar-refractivity contribution in [2.75, 3.05) is 13.1 Å². The van der Waals surface area contributed by atoms with Gasteiger partial charge >= 0.3 is 0 Å². The van der Waals surface area contributed by atoms with Crippen LogP contribution in [0.2, 0.25) is 0 Å². The van der Waals surface area contributed by atoms with Gasteiger partial charge in [-0.15, -0.1) is 12.4 Å². The van der Waals surface area contributed by atoms with Gasteiger partial charge in [0.05, 0.1) is 0 Å². The molecule has 0 radical (unpaired) electrons. The summed E-state index contributed by atoms with van der Waals surface area (Å²) in [5.74, 6) is 0. The van der Waals surface area contributed by atoms with E-state index in [4.69, 9.17) is 0 Å². The quantitative estimate of drug-likeness (QED) is 0.696. The SMILES string of the molecule is CC1=CCN(Cc2ccccc2)CC1.Cl. The third-order valence-electron chi connectivity index (χ3n) is 2.77. The summed E-state index contributed by atoms with van der Waals surface area (Å²) >= 11 is 0. The van der Waals surface area contributed by atoms with Crippen LogP contribution >= 0.6 is 12.4 Å². The van der Waals surface area contributed by atoms with E-state index in [9.17, 15) is 0 Å². The molecule has 82 valence electrons. The van der Waals surface area contributed by atoms with Gasteiger partial charge in [-0.25, -0.2) is 0 Å². The fourth-order valence-electron chi connectivity index (χ4n) is 1.80. The van der Waals surface area contributed by atoms with Gasteiger partial charge in [-0.2, -0.15) is 0 Å². The van der Waals surface area contributed by atoms with Crippen molar-refractivity contribution in [1.29, 1.82) is 0 Å². The number of rotatable bonds is 2. The summed E-state index contributed by atoms with van der Waals surface area (Å²) in [4.78, 5) is 2.49. The summed E-state index contributed by atoms with van der Waals surface area (Å²) in [5.41, 5.74) is 2.95. The Bertz CT molecular complexity index is 319. The molecule has 0 aromatic heterocycles. The first-order valence-electron chi connectivity index (χ1n) is 5.26. The molecule has 2 rings (SSSR count). The molecule has 15 heavy (non-hydrogen) atoms. The van der Waals surface area contributed by atoms with Gasteiger partial charge in [-0.3, -0.25) is 4.90 Å². The average molecular weight is 224 g/mol. The molecule has 0 aliphatic carbocycles. The van der Waals surface area contributed by atoms with Crippen molar-refractivity contribution in [3.05, 3.63) is 47.5 Å². The number of halogens is 1. The molecule has 1 heterocycles. The first-order valence-corrected chi connectivity index (χ1v) is 5.26. The van der Waals surface area contributed by atoms with Gasteiger partial charge in [0, 0.05) is 19.6 Å². The molecule has 0 N–H and O–H groups in total. The molecule has 0 fully saturated rings. The lowest BCUT2D eigenvalue weighted by Gasteiger charge is -2.25. The molecule has 2 heteroatoms. The molecule has 0 unspecified atom stereocenters. The second kappa shape index (κ2) is 5.94. The highest BCUT2D eigenvalue weighted by atomic mass is 35.5. The molecule has 0 saturated heterocycles. The maximum atomic E-state index is 2.49. The Balaban J connectivity index is 0.00000112. The third kappa shape index (κ3) is 3.69. The molecule has 0 atom stereocenters. The van der Waals surface area contributed by atoms with E-state index in [0.29, 0.717) is 0 Å². The first-order chi connectivity index (χ1) is 6.84. The van der Waals surface area contributed by atoms with Crippen LogP contribution in [0.5, 0.6) is 0 Å². The Morgan fingerprint density at radius 2 is 1.93 bits per heavy atom. The van der Waals surface area contributed by atoms with E-state index in [0.717, 1.165) is 13.1 Å². The van der Waals surface area contributed by atoms with E-state index in [1.54, 1.807) is 0 Å². The van der Waals surface area contributed by atoms with Crippen LogP contribution in [0, 0.1) is 0 Å². The highest BCUT2D eigenvalue weighted by molar-refractivity contribution is 5.85. The maximum Gasteiger partial charge on any atom is 0.0237 e. The van der Waals surface area contributed by atoms with Crippen LogP contribution in [0.15, 0.2) is 42.0 Å². The third-order valence-corrected chi connectivity index (χ3v) is 2.77. The van der Waals surface area contributed by atoms with Gasteiger partial charge in [0.25, 0.3) is 0 Å².